The number of benzene rings is 1. The van der Waals surface area contributed by atoms with Gasteiger partial charge in [-0.2, -0.15) is 5.10 Å². The maximum absolute atomic E-state index is 14.7. The molecule has 0 bridgehead atoms. The first-order valence-electron chi connectivity index (χ1n) is 10.2. The molecule has 1 fully saturated rings. The Morgan fingerprint density at radius 2 is 2.00 bits per heavy atom. The van der Waals surface area contributed by atoms with Crippen LogP contribution in [0.2, 0.25) is 0 Å². The summed E-state index contributed by atoms with van der Waals surface area (Å²) in [5.74, 6) is 0.680. The molecule has 30 heavy (non-hydrogen) atoms. The molecule has 3 N–H and O–H groups in total. The van der Waals surface area contributed by atoms with Crippen molar-refractivity contribution < 1.29 is 7.24 Å². The Hall–Kier alpha value is -3.32. The molecule has 156 valence electrons. The third-order valence-electron chi connectivity index (χ3n) is 5.87. The van der Waals surface area contributed by atoms with Gasteiger partial charge in [-0.25, -0.2) is 14.4 Å². The number of pyridine rings is 2. The van der Waals surface area contributed by atoms with Gasteiger partial charge in [-0.1, -0.05) is 30.3 Å². The molecule has 0 aliphatic carbocycles. The Bertz CT molecular complexity index is 1170. The molecule has 2 atom stereocenters. The van der Waals surface area contributed by atoms with Crippen LogP contribution >= 0.6 is 0 Å². The molecule has 5 rings (SSSR count). The van der Waals surface area contributed by atoms with Crippen LogP contribution in [-0.2, 0) is 0 Å². The van der Waals surface area contributed by atoms with Crippen LogP contribution in [0.3, 0.4) is 0 Å². The number of anilines is 1. The standard InChI is InChI=1S/C23H23FN6.2H2/c24-18-10-11-19(27-22(18)21-17-9-4-12-26-23(17)29-28-21)30-13-5-8-16(14-30)20(25)15-6-2-1-3-7-15;;/h1-4,6-7,9-12,16,20H,5,8,13-14,25H2,(H,26,28,29);2*1H. The molecular weight excluding hydrogens is 379 g/mol. The molecule has 1 aromatic carbocycles. The first-order valence-corrected chi connectivity index (χ1v) is 10.2. The van der Waals surface area contributed by atoms with Gasteiger partial charge in [0.1, 0.15) is 11.5 Å². The number of piperidine rings is 1. The highest BCUT2D eigenvalue weighted by atomic mass is 19.1. The van der Waals surface area contributed by atoms with E-state index in [0.29, 0.717) is 17.3 Å². The minimum atomic E-state index is -0.386. The van der Waals surface area contributed by atoms with Crippen molar-refractivity contribution in [1.82, 2.24) is 20.2 Å². The van der Waals surface area contributed by atoms with Gasteiger partial charge in [0.2, 0.25) is 0 Å². The van der Waals surface area contributed by atoms with E-state index < -0.39 is 0 Å². The second kappa shape index (κ2) is 7.84. The Kier molecular flexibility index (Phi) is 4.88. The summed E-state index contributed by atoms with van der Waals surface area (Å²) in [6.07, 6.45) is 3.75. The van der Waals surface area contributed by atoms with E-state index in [1.54, 1.807) is 12.3 Å². The Labute approximate surface area is 176 Å². The van der Waals surface area contributed by atoms with Gasteiger partial charge in [-0.3, -0.25) is 5.10 Å². The van der Waals surface area contributed by atoms with Gasteiger partial charge in [0.25, 0.3) is 0 Å². The number of hydrogen-bond acceptors (Lipinski definition) is 5. The number of fused-ring (bicyclic) bond motifs is 1. The van der Waals surface area contributed by atoms with E-state index in [1.807, 2.05) is 30.3 Å². The van der Waals surface area contributed by atoms with Crippen LogP contribution in [0.15, 0.2) is 60.8 Å². The van der Waals surface area contributed by atoms with Crippen LogP contribution in [0.1, 0.15) is 27.3 Å². The predicted octanol–water partition coefficient (Wildman–Crippen LogP) is 4.57. The van der Waals surface area contributed by atoms with E-state index >= 15 is 0 Å². The van der Waals surface area contributed by atoms with Gasteiger partial charge in [0, 0.05) is 33.6 Å². The zero-order chi connectivity index (χ0) is 20.5. The van der Waals surface area contributed by atoms with Crippen molar-refractivity contribution in [2.45, 2.75) is 18.9 Å². The smallest absolute Gasteiger partial charge is 0.181 e. The van der Waals surface area contributed by atoms with Crippen molar-refractivity contribution in [3.63, 3.8) is 0 Å². The predicted molar refractivity (Wildman–Crippen MR) is 120 cm³/mol. The third-order valence-corrected chi connectivity index (χ3v) is 5.87. The fourth-order valence-corrected chi connectivity index (χ4v) is 4.27. The molecule has 6 nitrogen and oxygen atoms in total. The van der Waals surface area contributed by atoms with E-state index in [0.717, 1.165) is 42.7 Å². The van der Waals surface area contributed by atoms with Crippen molar-refractivity contribution in [3.8, 4) is 11.4 Å². The van der Waals surface area contributed by atoms with Crippen LogP contribution < -0.4 is 10.6 Å². The molecule has 1 aliphatic heterocycles. The highest BCUT2D eigenvalue weighted by Crippen LogP contribution is 2.32. The normalized spacial score (nSPS) is 17.9. The molecule has 7 heteroatoms. The molecule has 4 aromatic rings. The first-order chi connectivity index (χ1) is 14.7. The van der Waals surface area contributed by atoms with Crippen LogP contribution in [0, 0.1) is 11.7 Å². The zero-order valence-corrected chi connectivity index (χ0v) is 16.5. The molecule has 0 saturated carbocycles. The molecule has 1 aliphatic rings. The number of aromatic nitrogens is 4. The summed E-state index contributed by atoms with van der Waals surface area (Å²) in [5, 5.41) is 7.82. The molecule has 0 spiro atoms. The van der Waals surface area contributed by atoms with Crippen molar-refractivity contribution in [2.75, 3.05) is 18.0 Å². The third kappa shape index (κ3) is 3.41. The molecule has 1 saturated heterocycles. The van der Waals surface area contributed by atoms with E-state index in [2.05, 4.69) is 37.2 Å². The number of aromatic amines is 1. The lowest BCUT2D eigenvalue weighted by molar-refractivity contribution is 0.354. The SMILES string of the molecule is NC(c1ccccc1)C1CCCN(c2ccc(F)c(-c3[nH]nc4ncccc34)n2)C1.[HH].[HH]. The van der Waals surface area contributed by atoms with E-state index in [4.69, 9.17) is 5.73 Å². The minimum Gasteiger partial charge on any atom is -0.356 e. The van der Waals surface area contributed by atoms with Crippen LogP contribution in [0.5, 0.6) is 0 Å². The minimum absolute atomic E-state index is 0. The summed E-state index contributed by atoms with van der Waals surface area (Å²) in [7, 11) is 0. The zero-order valence-electron chi connectivity index (χ0n) is 16.5. The lowest BCUT2D eigenvalue weighted by atomic mass is 9.87. The number of rotatable bonds is 4. The number of nitrogens with one attached hydrogen (secondary N) is 1. The number of nitrogens with zero attached hydrogens (tertiary/aromatic N) is 4. The molecular formula is C23H27FN6. The van der Waals surface area contributed by atoms with Gasteiger partial charge in [-0.05, 0) is 48.6 Å². The van der Waals surface area contributed by atoms with Crippen LogP contribution in [0.4, 0.5) is 10.2 Å². The van der Waals surface area contributed by atoms with Gasteiger partial charge >= 0.3 is 0 Å². The second-order valence-corrected chi connectivity index (χ2v) is 7.76. The molecule has 4 heterocycles. The van der Waals surface area contributed by atoms with Gasteiger partial charge in [-0.15, -0.1) is 0 Å². The summed E-state index contributed by atoms with van der Waals surface area (Å²) in [6, 6.07) is 17.1. The maximum Gasteiger partial charge on any atom is 0.181 e. The average molecular weight is 407 g/mol. The molecule has 3 aromatic heterocycles. The highest BCUT2D eigenvalue weighted by molar-refractivity contribution is 5.89. The van der Waals surface area contributed by atoms with Crippen molar-refractivity contribution in [3.05, 3.63) is 72.2 Å². The number of halogens is 1. The Morgan fingerprint density at radius 1 is 1.13 bits per heavy atom. The topological polar surface area (TPSA) is 83.7 Å². The number of H-pyrrole nitrogens is 1. The fraction of sp³-hybridized carbons (Fsp3) is 0.261. The monoisotopic (exact) mass is 406 g/mol. The Morgan fingerprint density at radius 3 is 2.87 bits per heavy atom. The van der Waals surface area contributed by atoms with E-state index in [-0.39, 0.29) is 20.4 Å². The molecule has 2 unspecified atom stereocenters. The van der Waals surface area contributed by atoms with E-state index in [1.165, 1.54) is 6.07 Å². The lowest BCUT2D eigenvalue weighted by Gasteiger charge is -2.36. The quantitative estimate of drug-likeness (QED) is 0.519. The second-order valence-electron chi connectivity index (χ2n) is 7.76. The summed E-state index contributed by atoms with van der Waals surface area (Å²) in [4.78, 5) is 11.1. The lowest BCUT2D eigenvalue weighted by Crippen LogP contribution is -2.40. The molecule has 0 radical (unpaired) electrons. The number of nitrogens with two attached hydrogens (primary N) is 1. The average Bonchev–Trinajstić information content (AvgIpc) is 3.23. The van der Waals surface area contributed by atoms with Gasteiger partial charge in [0.05, 0.1) is 5.69 Å². The van der Waals surface area contributed by atoms with Crippen molar-refractivity contribution in [1.29, 1.82) is 0 Å². The van der Waals surface area contributed by atoms with E-state index in [9.17, 15) is 4.39 Å². The summed E-state index contributed by atoms with van der Waals surface area (Å²) in [5.41, 5.74) is 9.08. The number of hydrogen-bond donors (Lipinski definition) is 2. The van der Waals surface area contributed by atoms with Gasteiger partial charge in [0.15, 0.2) is 11.5 Å². The maximum atomic E-state index is 14.7. The highest BCUT2D eigenvalue weighted by Gasteiger charge is 2.27. The summed E-state index contributed by atoms with van der Waals surface area (Å²) in [6.45, 7) is 1.67. The summed E-state index contributed by atoms with van der Waals surface area (Å²) < 4.78 is 14.7. The molecule has 0 amide bonds. The largest absolute Gasteiger partial charge is 0.356 e. The first kappa shape index (κ1) is 18.7. The van der Waals surface area contributed by atoms with Crippen LogP contribution in [-0.4, -0.2) is 33.3 Å². The fourth-order valence-electron chi connectivity index (χ4n) is 4.27. The summed E-state index contributed by atoms with van der Waals surface area (Å²) >= 11 is 0. The Balaban J connectivity index is 0.00000144. The van der Waals surface area contributed by atoms with Crippen molar-refractivity contribution in [2.24, 2.45) is 11.7 Å². The van der Waals surface area contributed by atoms with Gasteiger partial charge < -0.3 is 10.6 Å². The van der Waals surface area contributed by atoms with Crippen LogP contribution in [0.25, 0.3) is 22.4 Å². The van der Waals surface area contributed by atoms with Crippen molar-refractivity contribution >= 4 is 16.9 Å².